The minimum absolute atomic E-state index is 0.214. The van der Waals surface area contributed by atoms with Crippen LogP contribution >= 0.6 is 43.5 Å². The van der Waals surface area contributed by atoms with E-state index in [1.165, 1.54) is 0 Å². The van der Waals surface area contributed by atoms with Crippen LogP contribution in [0.4, 0.5) is 0 Å². The fourth-order valence-electron chi connectivity index (χ4n) is 2.05. The predicted octanol–water partition coefficient (Wildman–Crippen LogP) is 6.06. The van der Waals surface area contributed by atoms with Crippen LogP contribution in [-0.4, -0.2) is 0 Å². The Kier molecular flexibility index (Phi) is 4.25. The van der Waals surface area contributed by atoms with Gasteiger partial charge in [-0.1, -0.05) is 31.9 Å². The molecule has 96 valence electrons. The third-order valence-corrected chi connectivity index (χ3v) is 4.77. The quantitative estimate of drug-likeness (QED) is 0.566. The molecule has 0 radical (unpaired) electrons. The summed E-state index contributed by atoms with van der Waals surface area (Å²) in [6, 6.07) is 6.01. The van der Waals surface area contributed by atoms with Gasteiger partial charge in [0.25, 0.3) is 0 Å². The maximum Gasteiger partial charge on any atom is 0.106 e. The summed E-state index contributed by atoms with van der Waals surface area (Å²) in [4.78, 5) is 0. The average Bonchev–Trinajstić information content (AvgIpc) is 2.56. The number of alkyl halides is 1. The van der Waals surface area contributed by atoms with Crippen LogP contribution in [-0.2, 0) is 0 Å². The zero-order chi connectivity index (χ0) is 13.4. The monoisotopic (exact) mass is 390 g/mol. The fraction of sp³-hybridized carbons (Fsp3) is 0.286. The van der Waals surface area contributed by atoms with Crippen molar-refractivity contribution in [2.75, 3.05) is 0 Å². The number of furan rings is 1. The second-order valence-electron chi connectivity index (χ2n) is 4.28. The molecule has 1 unspecified atom stereocenters. The summed E-state index contributed by atoms with van der Waals surface area (Å²) in [5, 5.41) is -0.214. The third-order valence-electron chi connectivity index (χ3n) is 3.10. The van der Waals surface area contributed by atoms with Crippen LogP contribution in [0.3, 0.4) is 0 Å². The van der Waals surface area contributed by atoms with E-state index >= 15 is 0 Å². The molecule has 0 bridgehead atoms. The lowest BCUT2D eigenvalue weighted by molar-refractivity contribution is 0.500. The Morgan fingerprint density at radius 2 is 1.78 bits per heavy atom. The Balaban J connectivity index is 2.54. The molecule has 0 fully saturated rings. The molecule has 0 aliphatic heterocycles. The normalized spacial score (nSPS) is 12.8. The average molecular weight is 393 g/mol. The summed E-state index contributed by atoms with van der Waals surface area (Å²) in [5.74, 6) is 1.82. The molecular formula is C14H13Br2ClO. The molecule has 1 aromatic carbocycles. The highest BCUT2D eigenvalue weighted by molar-refractivity contribution is 9.11. The van der Waals surface area contributed by atoms with E-state index in [4.69, 9.17) is 16.0 Å². The molecule has 0 amide bonds. The molecule has 0 N–H and O–H groups in total. The van der Waals surface area contributed by atoms with Crippen LogP contribution in [0.2, 0.25) is 0 Å². The van der Waals surface area contributed by atoms with E-state index in [2.05, 4.69) is 31.9 Å². The van der Waals surface area contributed by atoms with Gasteiger partial charge in [0.15, 0.2) is 0 Å². The maximum absolute atomic E-state index is 6.62. The van der Waals surface area contributed by atoms with E-state index in [0.717, 1.165) is 37.2 Å². The van der Waals surface area contributed by atoms with Crippen molar-refractivity contribution in [1.82, 2.24) is 0 Å². The molecular weight excluding hydrogens is 379 g/mol. The van der Waals surface area contributed by atoms with Crippen molar-refractivity contribution < 1.29 is 4.42 Å². The highest BCUT2D eigenvalue weighted by atomic mass is 79.9. The van der Waals surface area contributed by atoms with E-state index in [0.29, 0.717) is 0 Å². The topological polar surface area (TPSA) is 13.1 Å². The highest BCUT2D eigenvalue weighted by Gasteiger charge is 2.22. The lowest BCUT2D eigenvalue weighted by Gasteiger charge is -2.13. The van der Waals surface area contributed by atoms with Crippen LogP contribution in [0.25, 0.3) is 0 Å². The Bertz CT molecular complexity index is 590. The standard InChI is InChI=1S/C14H13Br2ClO/c1-7-8(2)18-9(3)13(7)14(17)11-6-10(15)4-5-12(11)16/h4-6,14H,1-3H3. The van der Waals surface area contributed by atoms with Gasteiger partial charge in [-0.25, -0.2) is 0 Å². The van der Waals surface area contributed by atoms with Crippen LogP contribution < -0.4 is 0 Å². The minimum atomic E-state index is -0.214. The summed E-state index contributed by atoms with van der Waals surface area (Å²) in [6.45, 7) is 5.96. The van der Waals surface area contributed by atoms with Crippen LogP contribution in [0.1, 0.15) is 33.6 Å². The van der Waals surface area contributed by atoms with Crippen LogP contribution in [0, 0.1) is 20.8 Å². The number of rotatable bonds is 2. The van der Waals surface area contributed by atoms with Gasteiger partial charge in [0.05, 0.1) is 5.38 Å². The van der Waals surface area contributed by atoms with Crippen molar-refractivity contribution in [3.63, 3.8) is 0 Å². The largest absolute Gasteiger partial charge is 0.466 e. The summed E-state index contributed by atoms with van der Waals surface area (Å²) < 4.78 is 7.67. The highest BCUT2D eigenvalue weighted by Crippen LogP contribution is 2.39. The Morgan fingerprint density at radius 3 is 2.33 bits per heavy atom. The molecule has 1 atom stereocenters. The second-order valence-corrected chi connectivity index (χ2v) is 6.49. The smallest absolute Gasteiger partial charge is 0.106 e. The molecule has 0 aliphatic rings. The first-order valence-corrected chi connectivity index (χ1v) is 7.59. The maximum atomic E-state index is 6.62. The molecule has 0 saturated heterocycles. The summed E-state index contributed by atoms with van der Waals surface area (Å²) in [6.07, 6.45) is 0. The first-order valence-electron chi connectivity index (χ1n) is 5.57. The number of hydrogen-bond acceptors (Lipinski definition) is 1. The summed E-state index contributed by atoms with van der Waals surface area (Å²) in [7, 11) is 0. The Labute approximate surface area is 129 Å². The van der Waals surface area contributed by atoms with Gasteiger partial charge in [0, 0.05) is 14.5 Å². The van der Waals surface area contributed by atoms with Crippen molar-refractivity contribution in [2.24, 2.45) is 0 Å². The fourth-order valence-corrected chi connectivity index (χ4v) is 3.53. The first-order chi connectivity index (χ1) is 8.41. The molecule has 2 rings (SSSR count). The van der Waals surface area contributed by atoms with Crippen LogP contribution in [0.5, 0.6) is 0 Å². The molecule has 2 aromatic rings. The summed E-state index contributed by atoms with van der Waals surface area (Å²) >= 11 is 13.6. The molecule has 1 heterocycles. The zero-order valence-electron chi connectivity index (χ0n) is 10.4. The van der Waals surface area contributed by atoms with Gasteiger partial charge in [-0.15, -0.1) is 11.6 Å². The van der Waals surface area contributed by atoms with E-state index < -0.39 is 0 Å². The van der Waals surface area contributed by atoms with Gasteiger partial charge in [-0.2, -0.15) is 0 Å². The van der Waals surface area contributed by atoms with Crippen molar-refractivity contribution in [3.8, 4) is 0 Å². The molecule has 1 aromatic heterocycles. The Morgan fingerprint density at radius 1 is 1.11 bits per heavy atom. The van der Waals surface area contributed by atoms with Crippen molar-refractivity contribution in [1.29, 1.82) is 0 Å². The van der Waals surface area contributed by atoms with E-state index in [1.807, 2.05) is 39.0 Å². The van der Waals surface area contributed by atoms with Gasteiger partial charge in [-0.05, 0) is 50.1 Å². The molecule has 0 spiro atoms. The molecule has 1 nitrogen and oxygen atoms in total. The number of halogens is 3. The van der Waals surface area contributed by atoms with E-state index in [9.17, 15) is 0 Å². The predicted molar refractivity (Wildman–Crippen MR) is 82.5 cm³/mol. The van der Waals surface area contributed by atoms with Gasteiger partial charge in [0.2, 0.25) is 0 Å². The van der Waals surface area contributed by atoms with E-state index in [1.54, 1.807) is 0 Å². The third kappa shape index (κ3) is 2.54. The molecule has 0 saturated carbocycles. The lowest BCUT2D eigenvalue weighted by atomic mass is 10.0. The minimum Gasteiger partial charge on any atom is -0.466 e. The molecule has 18 heavy (non-hydrogen) atoms. The first kappa shape index (κ1) is 14.2. The zero-order valence-corrected chi connectivity index (χ0v) is 14.3. The number of benzene rings is 1. The Hall–Kier alpha value is -0.250. The number of hydrogen-bond donors (Lipinski definition) is 0. The second kappa shape index (κ2) is 5.40. The van der Waals surface area contributed by atoms with Crippen molar-refractivity contribution in [3.05, 3.63) is 55.4 Å². The van der Waals surface area contributed by atoms with Crippen LogP contribution in [0.15, 0.2) is 31.6 Å². The van der Waals surface area contributed by atoms with Gasteiger partial charge in [-0.3, -0.25) is 0 Å². The van der Waals surface area contributed by atoms with Crippen molar-refractivity contribution in [2.45, 2.75) is 26.1 Å². The van der Waals surface area contributed by atoms with Crippen molar-refractivity contribution >= 4 is 43.5 Å². The van der Waals surface area contributed by atoms with Gasteiger partial charge < -0.3 is 4.42 Å². The SMILES string of the molecule is Cc1oc(C)c(C(Cl)c2cc(Br)ccc2Br)c1C. The summed E-state index contributed by atoms with van der Waals surface area (Å²) in [5.41, 5.74) is 3.23. The number of aryl methyl sites for hydroxylation is 2. The van der Waals surface area contributed by atoms with E-state index in [-0.39, 0.29) is 5.38 Å². The molecule has 0 aliphatic carbocycles. The van der Waals surface area contributed by atoms with Gasteiger partial charge in [0.1, 0.15) is 11.5 Å². The van der Waals surface area contributed by atoms with Gasteiger partial charge >= 0.3 is 0 Å². The lowest BCUT2D eigenvalue weighted by Crippen LogP contribution is -1.97. The molecule has 4 heteroatoms.